The van der Waals surface area contributed by atoms with Crippen LogP contribution in [0.1, 0.15) is 5.56 Å². The van der Waals surface area contributed by atoms with Crippen molar-refractivity contribution in [3.63, 3.8) is 0 Å². The molecule has 0 aliphatic rings. The van der Waals surface area contributed by atoms with Gasteiger partial charge < -0.3 is 15.4 Å². The van der Waals surface area contributed by atoms with Gasteiger partial charge in [0.1, 0.15) is 0 Å². The molecule has 0 aliphatic carbocycles. The minimum absolute atomic E-state index is 0.154. The van der Waals surface area contributed by atoms with E-state index in [9.17, 15) is 10.1 Å². The molecule has 3 rings (SSSR count). The van der Waals surface area contributed by atoms with E-state index in [4.69, 9.17) is 0 Å². The lowest BCUT2D eigenvalue weighted by Gasteiger charge is -2.08. The first-order chi connectivity index (χ1) is 10.7. The fourth-order valence-electron chi connectivity index (χ4n) is 2.44. The maximum Gasteiger partial charge on any atom is 0.406 e. The largest absolute Gasteiger partial charge is 0.406 e. The number of pyridine rings is 1. The van der Waals surface area contributed by atoms with Crippen LogP contribution in [-0.2, 0) is 13.5 Å². The van der Waals surface area contributed by atoms with Crippen molar-refractivity contribution < 1.29 is 4.92 Å². The SMILES string of the molecule is Cn1cnc([N+](=O)[O-])c1NCCc1cccc2cccnc12. The van der Waals surface area contributed by atoms with Gasteiger partial charge in [-0.2, -0.15) is 0 Å². The molecule has 0 bridgehead atoms. The Kier molecular flexibility index (Phi) is 3.69. The van der Waals surface area contributed by atoms with Crippen LogP contribution in [0.2, 0.25) is 0 Å². The van der Waals surface area contributed by atoms with E-state index in [1.54, 1.807) is 17.8 Å². The number of para-hydroxylation sites is 1. The van der Waals surface area contributed by atoms with E-state index in [2.05, 4.69) is 15.3 Å². The van der Waals surface area contributed by atoms with Crippen molar-refractivity contribution in [2.45, 2.75) is 6.42 Å². The summed E-state index contributed by atoms with van der Waals surface area (Å²) >= 11 is 0. The van der Waals surface area contributed by atoms with Crippen LogP contribution in [0.4, 0.5) is 11.6 Å². The number of nitrogens with zero attached hydrogens (tertiary/aromatic N) is 4. The molecule has 0 aliphatic heterocycles. The average Bonchev–Trinajstić information content (AvgIpc) is 2.89. The topological polar surface area (TPSA) is 85.9 Å². The lowest BCUT2D eigenvalue weighted by atomic mass is 10.1. The van der Waals surface area contributed by atoms with Crippen LogP contribution < -0.4 is 5.32 Å². The average molecular weight is 297 g/mol. The van der Waals surface area contributed by atoms with Gasteiger partial charge >= 0.3 is 5.82 Å². The molecule has 0 fully saturated rings. The summed E-state index contributed by atoms with van der Waals surface area (Å²) in [6.07, 6.45) is 3.92. The highest BCUT2D eigenvalue weighted by Gasteiger charge is 2.19. The van der Waals surface area contributed by atoms with E-state index in [0.717, 1.165) is 22.9 Å². The number of imidazole rings is 1. The van der Waals surface area contributed by atoms with Gasteiger partial charge in [0.2, 0.25) is 12.1 Å². The Labute approximate surface area is 126 Å². The van der Waals surface area contributed by atoms with Crippen molar-refractivity contribution in [2.75, 3.05) is 11.9 Å². The summed E-state index contributed by atoms with van der Waals surface area (Å²) in [4.78, 5) is 18.6. The number of aromatic nitrogens is 3. The molecule has 7 nitrogen and oxygen atoms in total. The van der Waals surface area contributed by atoms with E-state index in [1.165, 1.54) is 6.33 Å². The van der Waals surface area contributed by atoms with Gasteiger partial charge in [0.15, 0.2) is 0 Å². The molecule has 0 saturated heterocycles. The number of fused-ring (bicyclic) bond motifs is 1. The first-order valence-electron chi connectivity index (χ1n) is 6.89. The lowest BCUT2D eigenvalue weighted by molar-refractivity contribution is -0.388. The summed E-state index contributed by atoms with van der Waals surface area (Å²) in [5, 5.41) is 15.1. The Morgan fingerprint density at radius 3 is 2.91 bits per heavy atom. The van der Waals surface area contributed by atoms with Crippen LogP contribution in [0, 0.1) is 10.1 Å². The monoisotopic (exact) mass is 297 g/mol. The zero-order valence-electron chi connectivity index (χ0n) is 12.1. The third-order valence-corrected chi connectivity index (χ3v) is 3.49. The summed E-state index contributed by atoms with van der Waals surface area (Å²) in [6, 6.07) is 9.96. The molecule has 0 amide bonds. The Morgan fingerprint density at radius 2 is 2.09 bits per heavy atom. The molecule has 0 saturated carbocycles. The summed E-state index contributed by atoms with van der Waals surface area (Å²) in [6.45, 7) is 0.566. The number of aryl methyl sites for hydroxylation is 1. The lowest BCUT2D eigenvalue weighted by Crippen LogP contribution is -2.09. The second-order valence-electron chi connectivity index (χ2n) is 4.95. The third kappa shape index (κ3) is 2.60. The third-order valence-electron chi connectivity index (χ3n) is 3.49. The van der Waals surface area contributed by atoms with Crippen molar-refractivity contribution in [3.8, 4) is 0 Å². The highest BCUT2D eigenvalue weighted by Crippen LogP contribution is 2.21. The highest BCUT2D eigenvalue weighted by atomic mass is 16.6. The van der Waals surface area contributed by atoms with E-state index in [-0.39, 0.29) is 5.82 Å². The number of anilines is 1. The number of rotatable bonds is 5. The molecule has 0 unspecified atom stereocenters. The molecule has 2 aromatic heterocycles. The highest BCUT2D eigenvalue weighted by molar-refractivity contribution is 5.81. The molecular formula is C15H15N5O2. The number of hydrogen-bond donors (Lipinski definition) is 1. The van der Waals surface area contributed by atoms with Crippen LogP contribution in [0.5, 0.6) is 0 Å². The predicted octanol–water partition coefficient (Wildman–Crippen LogP) is 2.53. The maximum atomic E-state index is 10.9. The van der Waals surface area contributed by atoms with Crippen molar-refractivity contribution in [1.82, 2.24) is 14.5 Å². The molecule has 7 heteroatoms. The quantitative estimate of drug-likeness (QED) is 0.577. The van der Waals surface area contributed by atoms with Crippen LogP contribution in [0.25, 0.3) is 10.9 Å². The molecule has 0 radical (unpaired) electrons. The van der Waals surface area contributed by atoms with E-state index in [0.29, 0.717) is 12.4 Å². The standard InChI is InChI=1S/C15H15N5O2/c1-19-10-18-15(20(21)22)14(19)17-9-7-12-5-2-4-11-6-3-8-16-13(11)12/h2-6,8,10,17H,7,9H2,1H3. The van der Waals surface area contributed by atoms with E-state index in [1.807, 2.05) is 30.3 Å². The fourth-order valence-corrected chi connectivity index (χ4v) is 2.44. The molecule has 0 atom stereocenters. The van der Waals surface area contributed by atoms with Crippen molar-refractivity contribution in [1.29, 1.82) is 0 Å². The van der Waals surface area contributed by atoms with Crippen molar-refractivity contribution >= 4 is 22.5 Å². The second-order valence-corrected chi connectivity index (χ2v) is 4.95. The van der Waals surface area contributed by atoms with Gasteiger partial charge in [0.25, 0.3) is 0 Å². The maximum absolute atomic E-state index is 10.9. The molecule has 2 heterocycles. The van der Waals surface area contributed by atoms with Crippen molar-refractivity contribution in [3.05, 3.63) is 58.5 Å². The van der Waals surface area contributed by atoms with Gasteiger partial charge in [-0.3, -0.25) is 9.55 Å². The molecule has 3 aromatic rings. The van der Waals surface area contributed by atoms with Crippen molar-refractivity contribution in [2.24, 2.45) is 7.05 Å². The fraction of sp³-hybridized carbons (Fsp3) is 0.200. The number of hydrogen-bond acceptors (Lipinski definition) is 5. The summed E-state index contributed by atoms with van der Waals surface area (Å²) in [5.74, 6) is 0.261. The van der Waals surface area contributed by atoms with Gasteiger partial charge in [0, 0.05) is 25.2 Å². The predicted molar refractivity (Wildman–Crippen MR) is 83.8 cm³/mol. The Hall–Kier alpha value is -2.96. The molecule has 112 valence electrons. The van der Waals surface area contributed by atoms with Crippen LogP contribution >= 0.6 is 0 Å². The van der Waals surface area contributed by atoms with Gasteiger partial charge in [-0.05, 0) is 28.0 Å². The Morgan fingerprint density at radius 1 is 1.27 bits per heavy atom. The van der Waals surface area contributed by atoms with Gasteiger partial charge in [0.05, 0.1) is 5.52 Å². The van der Waals surface area contributed by atoms with Crippen LogP contribution in [0.15, 0.2) is 42.9 Å². The molecule has 0 spiro atoms. The molecular weight excluding hydrogens is 282 g/mol. The van der Waals surface area contributed by atoms with E-state index < -0.39 is 4.92 Å². The smallest absolute Gasteiger partial charge is 0.364 e. The zero-order valence-corrected chi connectivity index (χ0v) is 12.1. The number of benzene rings is 1. The minimum atomic E-state index is -0.484. The Bertz CT molecular complexity index is 822. The van der Waals surface area contributed by atoms with Crippen LogP contribution in [0.3, 0.4) is 0 Å². The second kappa shape index (κ2) is 5.80. The van der Waals surface area contributed by atoms with Gasteiger partial charge in [-0.15, -0.1) is 0 Å². The first-order valence-corrected chi connectivity index (χ1v) is 6.89. The van der Waals surface area contributed by atoms with Gasteiger partial charge in [-0.25, -0.2) is 0 Å². The van der Waals surface area contributed by atoms with Gasteiger partial charge in [-0.1, -0.05) is 24.3 Å². The summed E-state index contributed by atoms with van der Waals surface area (Å²) in [7, 11) is 1.72. The minimum Gasteiger partial charge on any atom is -0.364 e. The summed E-state index contributed by atoms with van der Waals surface area (Å²) in [5.41, 5.74) is 2.07. The van der Waals surface area contributed by atoms with E-state index >= 15 is 0 Å². The molecule has 22 heavy (non-hydrogen) atoms. The number of nitro groups is 1. The Balaban J connectivity index is 1.76. The number of nitrogens with one attached hydrogen (secondary N) is 1. The normalized spacial score (nSPS) is 10.8. The van der Waals surface area contributed by atoms with Crippen LogP contribution in [-0.4, -0.2) is 26.0 Å². The zero-order chi connectivity index (χ0) is 15.5. The molecule has 1 N–H and O–H groups in total. The first kappa shape index (κ1) is 14.0. The molecule has 1 aromatic carbocycles. The summed E-state index contributed by atoms with van der Waals surface area (Å²) < 4.78 is 1.61.